The fraction of sp³-hybridized carbons (Fsp3) is 0.462. The molecule has 0 unspecified atom stereocenters. The van der Waals surface area contributed by atoms with Gasteiger partial charge in [0.25, 0.3) is 0 Å². The number of amides is 2. The van der Waals surface area contributed by atoms with Crippen molar-refractivity contribution in [1.29, 1.82) is 0 Å². The van der Waals surface area contributed by atoms with E-state index in [0.717, 1.165) is 17.4 Å². The van der Waals surface area contributed by atoms with E-state index in [4.69, 9.17) is 4.74 Å². The summed E-state index contributed by atoms with van der Waals surface area (Å²) in [6.45, 7) is 6.59. The highest BCUT2D eigenvalue weighted by atomic mass is 32.2. The lowest BCUT2D eigenvalue weighted by Gasteiger charge is -2.31. The van der Waals surface area contributed by atoms with E-state index < -0.39 is 16.1 Å². The van der Waals surface area contributed by atoms with Crippen LogP contribution in [0.2, 0.25) is 0 Å². The van der Waals surface area contributed by atoms with E-state index in [9.17, 15) is 18.0 Å². The van der Waals surface area contributed by atoms with Gasteiger partial charge in [-0.2, -0.15) is 0 Å². The van der Waals surface area contributed by atoms with Crippen LogP contribution >= 0.6 is 0 Å². The maximum atomic E-state index is 13.4. The summed E-state index contributed by atoms with van der Waals surface area (Å²) in [4.78, 5) is 27.7. The first-order valence-corrected chi connectivity index (χ1v) is 13.7. The zero-order valence-electron chi connectivity index (χ0n) is 21.3. The average Bonchev–Trinajstić information content (AvgIpc) is 2.81. The van der Waals surface area contributed by atoms with Crippen molar-refractivity contribution in [3.05, 3.63) is 59.7 Å². The maximum Gasteiger partial charge on any atom is 0.242 e. The van der Waals surface area contributed by atoms with Crippen LogP contribution in [0.1, 0.15) is 44.2 Å². The molecule has 0 saturated heterocycles. The molecule has 0 saturated carbocycles. The van der Waals surface area contributed by atoms with E-state index in [1.165, 1.54) is 11.4 Å². The molecule has 2 aromatic carbocycles. The Kier molecular flexibility index (Phi) is 10.6. The molecule has 0 heterocycles. The van der Waals surface area contributed by atoms with Crippen LogP contribution in [-0.4, -0.2) is 57.6 Å². The van der Waals surface area contributed by atoms with Crippen molar-refractivity contribution >= 4 is 27.5 Å². The van der Waals surface area contributed by atoms with Gasteiger partial charge in [-0.15, -0.1) is 0 Å². The van der Waals surface area contributed by atoms with Crippen LogP contribution in [0.5, 0.6) is 5.75 Å². The molecule has 0 aromatic heterocycles. The van der Waals surface area contributed by atoms with Crippen LogP contribution < -0.4 is 14.4 Å². The molecular weight excluding hydrogens is 466 g/mol. The summed E-state index contributed by atoms with van der Waals surface area (Å²) in [5.74, 6) is 0.0495. The highest BCUT2D eigenvalue weighted by Gasteiger charge is 2.29. The van der Waals surface area contributed by atoms with Gasteiger partial charge in [0.1, 0.15) is 11.8 Å². The van der Waals surface area contributed by atoms with E-state index in [-0.39, 0.29) is 24.8 Å². The van der Waals surface area contributed by atoms with Gasteiger partial charge in [-0.05, 0) is 44.4 Å². The molecule has 0 fully saturated rings. The topological polar surface area (TPSA) is 96.0 Å². The van der Waals surface area contributed by atoms with Gasteiger partial charge in [-0.3, -0.25) is 13.9 Å². The Morgan fingerprint density at radius 1 is 1.09 bits per heavy atom. The van der Waals surface area contributed by atoms with Gasteiger partial charge in [0.05, 0.1) is 19.1 Å². The fourth-order valence-corrected chi connectivity index (χ4v) is 5.01. The zero-order valence-corrected chi connectivity index (χ0v) is 22.1. The van der Waals surface area contributed by atoms with Crippen molar-refractivity contribution in [3.8, 4) is 5.75 Å². The van der Waals surface area contributed by atoms with E-state index in [0.29, 0.717) is 37.4 Å². The molecule has 0 aliphatic rings. The number of carbonyl (C=O) groups excluding carboxylic acids is 2. The van der Waals surface area contributed by atoms with Crippen LogP contribution in [0.25, 0.3) is 0 Å². The number of rotatable bonds is 13. The summed E-state index contributed by atoms with van der Waals surface area (Å²) in [6.07, 6.45) is 2.00. The third kappa shape index (κ3) is 7.99. The van der Waals surface area contributed by atoms with E-state index in [2.05, 4.69) is 5.32 Å². The Morgan fingerprint density at radius 3 is 2.40 bits per heavy atom. The van der Waals surface area contributed by atoms with Crippen LogP contribution in [0.15, 0.2) is 48.5 Å². The zero-order chi connectivity index (χ0) is 26.0. The molecule has 2 aromatic rings. The van der Waals surface area contributed by atoms with E-state index in [1.807, 2.05) is 45.0 Å². The summed E-state index contributed by atoms with van der Waals surface area (Å²) in [5.41, 5.74) is 2.43. The number of sulfonamides is 1. The van der Waals surface area contributed by atoms with Gasteiger partial charge in [-0.1, -0.05) is 48.9 Å². The quantitative estimate of drug-likeness (QED) is 0.451. The second-order valence-corrected chi connectivity index (χ2v) is 10.3. The Balaban J connectivity index is 2.23. The lowest BCUT2D eigenvalue weighted by atomic mass is 10.1. The molecule has 0 aliphatic carbocycles. The molecule has 0 spiro atoms. The molecule has 2 amide bonds. The number of hydrogen-bond donors (Lipinski definition) is 1. The summed E-state index contributed by atoms with van der Waals surface area (Å²) in [6, 6.07) is 14.1. The molecule has 0 bridgehead atoms. The summed E-state index contributed by atoms with van der Waals surface area (Å²) in [7, 11) is -2.12. The predicted molar refractivity (Wildman–Crippen MR) is 139 cm³/mol. The van der Waals surface area contributed by atoms with Crippen LogP contribution in [0.4, 0.5) is 5.69 Å². The largest absolute Gasteiger partial charge is 0.495 e. The molecule has 8 nitrogen and oxygen atoms in total. The molecule has 2 rings (SSSR count). The number of hydrogen-bond acceptors (Lipinski definition) is 5. The smallest absolute Gasteiger partial charge is 0.242 e. The van der Waals surface area contributed by atoms with Gasteiger partial charge in [0.15, 0.2) is 0 Å². The molecule has 35 heavy (non-hydrogen) atoms. The fourth-order valence-electron chi connectivity index (χ4n) is 4.04. The number of para-hydroxylation sites is 2. The van der Waals surface area contributed by atoms with Crippen molar-refractivity contribution in [2.24, 2.45) is 0 Å². The minimum Gasteiger partial charge on any atom is -0.495 e. The third-order valence-electron chi connectivity index (χ3n) is 5.68. The Bertz CT molecular complexity index is 1100. The number of aryl methyl sites for hydroxylation is 1. The van der Waals surface area contributed by atoms with Gasteiger partial charge >= 0.3 is 0 Å². The highest BCUT2D eigenvalue weighted by molar-refractivity contribution is 7.92. The van der Waals surface area contributed by atoms with Crippen molar-refractivity contribution in [3.63, 3.8) is 0 Å². The Morgan fingerprint density at radius 2 is 1.80 bits per heavy atom. The van der Waals surface area contributed by atoms with Gasteiger partial charge in [0.2, 0.25) is 21.8 Å². The lowest BCUT2D eigenvalue weighted by Crippen LogP contribution is -2.49. The standard InChI is InChI=1S/C26H37N3O5S/c1-6-22(26(31)27-7-2)28(19-21-13-10-12-20(3)18-21)25(30)16-11-17-29(35(5,32)33)23-14-8-9-15-24(23)34-4/h8-10,12-15,18,22H,6-7,11,16-17,19H2,1-5H3,(H,27,31)/t22-/m0/s1. The first-order valence-electron chi connectivity index (χ1n) is 11.9. The monoisotopic (exact) mass is 503 g/mol. The van der Waals surface area contributed by atoms with Crippen molar-refractivity contribution < 1.29 is 22.7 Å². The number of benzene rings is 2. The average molecular weight is 504 g/mol. The summed E-state index contributed by atoms with van der Waals surface area (Å²) in [5, 5.41) is 2.82. The molecule has 0 aliphatic heterocycles. The Labute approximate surface area is 209 Å². The molecule has 192 valence electrons. The summed E-state index contributed by atoms with van der Waals surface area (Å²) < 4.78 is 31.6. The number of nitrogens with zero attached hydrogens (tertiary/aromatic N) is 2. The minimum absolute atomic E-state index is 0.100. The van der Waals surface area contributed by atoms with Crippen molar-refractivity contribution in [2.75, 3.05) is 30.8 Å². The molecule has 1 N–H and O–H groups in total. The minimum atomic E-state index is -3.60. The first kappa shape index (κ1) is 28.2. The molecular formula is C26H37N3O5S. The van der Waals surface area contributed by atoms with Crippen LogP contribution in [-0.2, 0) is 26.2 Å². The second kappa shape index (κ2) is 13.1. The number of carbonyl (C=O) groups is 2. The lowest BCUT2D eigenvalue weighted by molar-refractivity contribution is -0.141. The van der Waals surface area contributed by atoms with Crippen LogP contribution in [0, 0.1) is 6.92 Å². The second-order valence-electron chi connectivity index (χ2n) is 8.44. The van der Waals surface area contributed by atoms with E-state index in [1.54, 1.807) is 29.2 Å². The molecule has 9 heteroatoms. The normalized spacial score (nSPS) is 12.0. The number of anilines is 1. The molecule has 1 atom stereocenters. The SMILES string of the molecule is CCNC(=O)[C@H](CC)N(Cc1cccc(C)c1)C(=O)CCCN(c1ccccc1OC)S(C)(=O)=O. The molecule has 0 radical (unpaired) electrons. The van der Waals surface area contributed by atoms with Crippen molar-refractivity contribution in [1.82, 2.24) is 10.2 Å². The van der Waals surface area contributed by atoms with E-state index >= 15 is 0 Å². The predicted octanol–water partition coefficient (Wildman–Crippen LogP) is 3.49. The van der Waals surface area contributed by atoms with Gasteiger partial charge in [-0.25, -0.2) is 8.42 Å². The summed E-state index contributed by atoms with van der Waals surface area (Å²) >= 11 is 0. The first-order chi connectivity index (χ1) is 16.6. The van der Waals surface area contributed by atoms with Gasteiger partial charge < -0.3 is 15.0 Å². The van der Waals surface area contributed by atoms with Gasteiger partial charge in [0, 0.05) is 26.1 Å². The van der Waals surface area contributed by atoms with Crippen LogP contribution in [0.3, 0.4) is 0 Å². The third-order valence-corrected chi connectivity index (χ3v) is 6.86. The number of methoxy groups -OCH3 is 1. The van der Waals surface area contributed by atoms with Crippen molar-refractivity contribution in [2.45, 2.75) is 52.6 Å². The maximum absolute atomic E-state index is 13.4. The number of likely N-dealkylation sites (N-methyl/N-ethyl adjacent to an activating group) is 1. The number of nitrogens with one attached hydrogen (secondary N) is 1. The Hall–Kier alpha value is -3.07. The number of ether oxygens (including phenoxy) is 1. The highest BCUT2D eigenvalue weighted by Crippen LogP contribution is 2.29.